The summed E-state index contributed by atoms with van der Waals surface area (Å²) in [6.45, 7) is 4.89. The molecule has 1 amide bonds. The monoisotopic (exact) mass is 396 g/mol. The van der Waals surface area contributed by atoms with Crippen LogP contribution >= 0.6 is 0 Å². The Balaban J connectivity index is 1.50. The van der Waals surface area contributed by atoms with E-state index < -0.39 is 12.0 Å². The molecule has 1 N–H and O–H groups in total. The number of halogens is 3. The second-order valence-electron chi connectivity index (χ2n) is 7.67. The molecular formula is C18H23F3N6O. The SMILES string of the molecule is Cc1nc2nc(C(F)(F)F)nn2c(C)c1CCC(=O)N1CCC2CCC(C1)N2. The molecule has 10 heteroatoms. The lowest BCUT2D eigenvalue weighted by molar-refractivity contribution is -0.144. The molecule has 0 radical (unpaired) electrons. The topological polar surface area (TPSA) is 75.4 Å². The van der Waals surface area contributed by atoms with Crippen molar-refractivity contribution in [3.05, 3.63) is 22.8 Å². The molecule has 7 nitrogen and oxygen atoms in total. The number of alkyl halides is 3. The summed E-state index contributed by atoms with van der Waals surface area (Å²) in [6, 6.07) is 0.878. The minimum Gasteiger partial charge on any atom is -0.341 e. The van der Waals surface area contributed by atoms with E-state index in [4.69, 9.17) is 0 Å². The first kappa shape index (κ1) is 19.1. The smallest absolute Gasteiger partial charge is 0.341 e. The number of hydrogen-bond acceptors (Lipinski definition) is 5. The fraction of sp³-hybridized carbons (Fsp3) is 0.667. The average molecular weight is 396 g/mol. The summed E-state index contributed by atoms with van der Waals surface area (Å²) in [5, 5.41) is 7.10. The van der Waals surface area contributed by atoms with Crippen LogP contribution in [0, 0.1) is 13.8 Å². The molecule has 2 saturated heterocycles. The highest BCUT2D eigenvalue weighted by Gasteiger charge is 2.37. The quantitative estimate of drug-likeness (QED) is 0.860. The predicted molar refractivity (Wildman–Crippen MR) is 94.7 cm³/mol. The zero-order chi connectivity index (χ0) is 20.1. The van der Waals surface area contributed by atoms with Crippen molar-refractivity contribution in [2.75, 3.05) is 13.1 Å². The van der Waals surface area contributed by atoms with Crippen LogP contribution in [0.5, 0.6) is 0 Å². The zero-order valence-corrected chi connectivity index (χ0v) is 15.9. The van der Waals surface area contributed by atoms with Crippen molar-refractivity contribution < 1.29 is 18.0 Å². The van der Waals surface area contributed by atoms with Gasteiger partial charge in [0.1, 0.15) is 0 Å². The summed E-state index contributed by atoms with van der Waals surface area (Å²) < 4.78 is 39.8. The van der Waals surface area contributed by atoms with Gasteiger partial charge in [-0.05, 0) is 45.1 Å². The van der Waals surface area contributed by atoms with Gasteiger partial charge in [0.05, 0.1) is 0 Å². The Morgan fingerprint density at radius 3 is 2.68 bits per heavy atom. The number of likely N-dealkylation sites (tertiary alicyclic amines) is 1. The van der Waals surface area contributed by atoms with Crippen LogP contribution in [0.4, 0.5) is 13.2 Å². The second kappa shape index (κ2) is 6.98. The van der Waals surface area contributed by atoms with Gasteiger partial charge >= 0.3 is 6.18 Å². The number of hydrogen-bond donors (Lipinski definition) is 1. The van der Waals surface area contributed by atoms with Gasteiger partial charge in [0.25, 0.3) is 11.6 Å². The largest absolute Gasteiger partial charge is 0.453 e. The molecule has 0 spiro atoms. The summed E-state index contributed by atoms with van der Waals surface area (Å²) in [5.41, 5.74) is 1.86. The first-order valence-corrected chi connectivity index (χ1v) is 9.56. The van der Waals surface area contributed by atoms with E-state index in [1.54, 1.807) is 13.8 Å². The number of rotatable bonds is 3. The highest BCUT2D eigenvalue weighted by atomic mass is 19.4. The molecule has 2 aliphatic heterocycles. The number of nitrogens with zero attached hydrogens (tertiary/aromatic N) is 5. The molecule has 152 valence electrons. The van der Waals surface area contributed by atoms with Crippen molar-refractivity contribution in [2.45, 2.75) is 64.2 Å². The van der Waals surface area contributed by atoms with Crippen LogP contribution in [0.3, 0.4) is 0 Å². The van der Waals surface area contributed by atoms with Crippen molar-refractivity contribution in [1.82, 2.24) is 29.8 Å². The molecule has 2 bridgehead atoms. The number of nitrogens with one attached hydrogen (secondary N) is 1. The zero-order valence-electron chi connectivity index (χ0n) is 15.9. The van der Waals surface area contributed by atoms with Crippen molar-refractivity contribution in [3.8, 4) is 0 Å². The van der Waals surface area contributed by atoms with Crippen LogP contribution < -0.4 is 5.32 Å². The number of fused-ring (bicyclic) bond motifs is 3. The van der Waals surface area contributed by atoms with Crippen LogP contribution in [0.15, 0.2) is 0 Å². The molecule has 2 unspecified atom stereocenters. The lowest BCUT2D eigenvalue weighted by atomic mass is 10.0. The summed E-state index contributed by atoms with van der Waals surface area (Å²) in [4.78, 5) is 22.3. The standard InChI is InChI=1S/C18H23F3N6O/c1-10-14(11(2)27-17(22-10)24-16(25-27)18(19,20)21)5-6-15(28)26-8-7-12-3-4-13(9-26)23-12/h12-13,23H,3-9H2,1-2H3. The average Bonchev–Trinajstić information content (AvgIpc) is 3.17. The highest BCUT2D eigenvalue weighted by molar-refractivity contribution is 5.76. The molecule has 2 fully saturated rings. The van der Waals surface area contributed by atoms with Gasteiger partial charge in [-0.25, -0.2) is 9.50 Å². The lowest BCUT2D eigenvalue weighted by Gasteiger charge is -2.24. The molecule has 28 heavy (non-hydrogen) atoms. The maximum Gasteiger partial charge on any atom is 0.453 e. The number of aryl methyl sites for hydroxylation is 2. The fourth-order valence-electron chi connectivity index (χ4n) is 4.25. The highest BCUT2D eigenvalue weighted by Crippen LogP contribution is 2.27. The van der Waals surface area contributed by atoms with Gasteiger partial charge in [0, 0.05) is 43.0 Å². The van der Waals surface area contributed by atoms with Crippen molar-refractivity contribution in [1.29, 1.82) is 0 Å². The Morgan fingerprint density at radius 2 is 1.93 bits per heavy atom. The maximum atomic E-state index is 12.9. The lowest BCUT2D eigenvalue weighted by Crippen LogP contribution is -2.39. The van der Waals surface area contributed by atoms with Gasteiger partial charge in [-0.2, -0.15) is 18.2 Å². The van der Waals surface area contributed by atoms with Crippen LogP contribution in [0.25, 0.3) is 5.78 Å². The summed E-state index contributed by atoms with van der Waals surface area (Å²) in [7, 11) is 0. The van der Waals surface area contributed by atoms with E-state index >= 15 is 0 Å². The van der Waals surface area contributed by atoms with E-state index in [9.17, 15) is 18.0 Å². The van der Waals surface area contributed by atoms with Gasteiger partial charge in [0.2, 0.25) is 5.91 Å². The Bertz CT molecular complexity index is 909. The minimum atomic E-state index is -4.62. The Hall–Kier alpha value is -2.23. The van der Waals surface area contributed by atoms with Gasteiger partial charge in [-0.15, -0.1) is 5.10 Å². The molecule has 0 saturated carbocycles. The second-order valence-corrected chi connectivity index (χ2v) is 7.67. The van der Waals surface area contributed by atoms with Gasteiger partial charge in [0.15, 0.2) is 0 Å². The third kappa shape index (κ3) is 3.57. The fourth-order valence-corrected chi connectivity index (χ4v) is 4.25. The molecule has 0 aromatic carbocycles. The number of carbonyl (C=O) groups excluding carboxylic acids is 1. The molecular weight excluding hydrogens is 373 g/mol. The van der Waals surface area contributed by atoms with Gasteiger partial charge < -0.3 is 10.2 Å². The molecule has 2 aliphatic rings. The van der Waals surface area contributed by atoms with E-state index in [-0.39, 0.29) is 11.7 Å². The minimum absolute atomic E-state index is 0.0721. The summed E-state index contributed by atoms with van der Waals surface area (Å²) in [5.74, 6) is -1.21. The van der Waals surface area contributed by atoms with Gasteiger partial charge in [-0.1, -0.05) is 0 Å². The van der Waals surface area contributed by atoms with Crippen molar-refractivity contribution in [2.24, 2.45) is 0 Å². The molecule has 2 atom stereocenters. The third-order valence-electron chi connectivity index (χ3n) is 5.77. The summed E-state index contributed by atoms with van der Waals surface area (Å²) >= 11 is 0. The van der Waals surface area contributed by atoms with E-state index in [2.05, 4.69) is 20.4 Å². The Labute approximate surface area is 160 Å². The first-order valence-electron chi connectivity index (χ1n) is 9.56. The van der Waals surface area contributed by atoms with E-state index in [1.165, 1.54) is 6.42 Å². The third-order valence-corrected chi connectivity index (χ3v) is 5.77. The van der Waals surface area contributed by atoms with E-state index in [0.717, 1.165) is 36.0 Å². The Kier molecular flexibility index (Phi) is 4.76. The van der Waals surface area contributed by atoms with E-state index in [1.807, 2.05) is 4.90 Å². The molecule has 4 rings (SSSR count). The predicted octanol–water partition coefficient (Wildman–Crippen LogP) is 2.05. The van der Waals surface area contributed by atoms with Gasteiger partial charge in [-0.3, -0.25) is 4.79 Å². The van der Waals surface area contributed by atoms with E-state index in [0.29, 0.717) is 36.3 Å². The molecule has 4 heterocycles. The van der Waals surface area contributed by atoms with Crippen LogP contribution in [-0.4, -0.2) is 55.6 Å². The number of amides is 1. The Morgan fingerprint density at radius 1 is 1.18 bits per heavy atom. The van der Waals surface area contributed by atoms with Crippen LogP contribution in [0.1, 0.15) is 48.5 Å². The molecule has 2 aromatic heterocycles. The summed E-state index contributed by atoms with van der Waals surface area (Å²) in [6.07, 6.45) is -0.668. The number of carbonyl (C=O) groups is 1. The van der Waals surface area contributed by atoms with Crippen LogP contribution in [0.2, 0.25) is 0 Å². The molecule has 0 aliphatic carbocycles. The van der Waals surface area contributed by atoms with Crippen molar-refractivity contribution >= 4 is 11.7 Å². The first-order chi connectivity index (χ1) is 13.2. The number of aromatic nitrogens is 4. The molecule has 2 aromatic rings. The van der Waals surface area contributed by atoms with Crippen LogP contribution in [-0.2, 0) is 17.4 Å². The maximum absolute atomic E-state index is 12.9. The van der Waals surface area contributed by atoms with Crippen molar-refractivity contribution in [3.63, 3.8) is 0 Å². The normalized spacial score (nSPS) is 22.7.